The Kier molecular flexibility index (Phi) is 5.59. The lowest BCUT2D eigenvalue weighted by Crippen LogP contribution is -2.13. The standard InChI is InChI=1S/C16H16F2O2S/c1-20-15-7-6-11(9-14(15)18)8-12(19)10-21-16-5-3-2-4-13(16)17/h2-7,9,12,19H,8,10H2,1H3. The second kappa shape index (κ2) is 7.43. The van der Waals surface area contributed by atoms with Crippen molar-refractivity contribution in [3.63, 3.8) is 0 Å². The molecule has 0 aromatic heterocycles. The molecule has 0 spiro atoms. The molecule has 2 nitrogen and oxygen atoms in total. The van der Waals surface area contributed by atoms with Gasteiger partial charge < -0.3 is 9.84 Å². The van der Waals surface area contributed by atoms with Gasteiger partial charge in [-0.2, -0.15) is 0 Å². The van der Waals surface area contributed by atoms with Gasteiger partial charge in [-0.25, -0.2) is 8.78 Å². The highest BCUT2D eigenvalue weighted by atomic mass is 32.2. The van der Waals surface area contributed by atoms with Crippen LogP contribution in [0.15, 0.2) is 47.4 Å². The van der Waals surface area contributed by atoms with Gasteiger partial charge in [0.05, 0.1) is 13.2 Å². The molecule has 5 heteroatoms. The van der Waals surface area contributed by atoms with Crippen molar-refractivity contribution in [2.24, 2.45) is 0 Å². The van der Waals surface area contributed by atoms with E-state index in [1.54, 1.807) is 24.3 Å². The zero-order chi connectivity index (χ0) is 15.2. The van der Waals surface area contributed by atoms with Crippen LogP contribution in [0.25, 0.3) is 0 Å². The van der Waals surface area contributed by atoms with E-state index in [0.717, 1.165) is 0 Å². The minimum absolute atomic E-state index is 0.175. The van der Waals surface area contributed by atoms with Crippen molar-refractivity contribution in [2.45, 2.75) is 17.4 Å². The summed E-state index contributed by atoms with van der Waals surface area (Å²) in [5.41, 5.74) is 0.676. The Bertz CT molecular complexity index is 605. The lowest BCUT2D eigenvalue weighted by atomic mass is 10.1. The maximum absolute atomic E-state index is 13.5. The van der Waals surface area contributed by atoms with Crippen LogP contribution < -0.4 is 4.74 Å². The number of methoxy groups -OCH3 is 1. The fourth-order valence-electron chi connectivity index (χ4n) is 1.92. The highest BCUT2D eigenvalue weighted by molar-refractivity contribution is 7.99. The first-order chi connectivity index (χ1) is 10.1. The number of halogens is 2. The first-order valence-corrected chi connectivity index (χ1v) is 7.46. The molecule has 1 atom stereocenters. The van der Waals surface area contributed by atoms with Crippen LogP contribution in [-0.2, 0) is 6.42 Å². The fraction of sp³-hybridized carbons (Fsp3) is 0.250. The molecule has 1 unspecified atom stereocenters. The molecule has 0 bridgehead atoms. The van der Waals surface area contributed by atoms with E-state index in [0.29, 0.717) is 22.6 Å². The van der Waals surface area contributed by atoms with Crippen LogP contribution in [-0.4, -0.2) is 24.1 Å². The van der Waals surface area contributed by atoms with Crippen molar-refractivity contribution in [3.05, 3.63) is 59.7 Å². The topological polar surface area (TPSA) is 29.5 Å². The minimum Gasteiger partial charge on any atom is -0.494 e. The second-order valence-corrected chi connectivity index (χ2v) is 5.63. The van der Waals surface area contributed by atoms with E-state index in [1.807, 2.05) is 0 Å². The number of aliphatic hydroxyl groups is 1. The third-order valence-electron chi connectivity index (χ3n) is 2.96. The summed E-state index contributed by atoms with van der Waals surface area (Å²) < 4.78 is 31.8. The zero-order valence-electron chi connectivity index (χ0n) is 11.6. The number of ether oxygens (including phenoxy) is 1. The number of hydrogen-bond donors (Lipinski definition) is 1. The average Bonchev–Trinajstić information content (AvgIpc) is 2.46. The summed E-state index contributed by atoms with van der Waals surface area (Å²) in [6.07, 6.45) is -0.370. The van der Waals surface area contributed by atoms with E-state index in [1.165, 1.54) is 37.1 Å². The monoisotopic (exact) mass is 310 g/mol. The molecule has 112 valence electrons. The van der Waals surface area contributed by atoms with Crippen molar-refractivity contribution in [2.75, 3.05) is 12.9 Å². The zero-order valence-corrected chi connectivity index (χ0v) is 12.4. The van der Waals surface area contributed by atoms with Crippen molar-refractivity contribution >= 4 is 11.8 Å². The molecule has 0 saturated heterocycles. The lowest BCUT2D eigenvalue weighted by Gasteiger charge is -2.11. The Morgan fingerprint density at radius 2 is 1.90 bits per heavy atom. The molecule has 2 rings (SSSR count). The van der Waals surface area contributed by atoms with Crippen molar-refractivity contribution in [1.82, 2.24) is 0 Å². The van der Waals surface area contributed by atoms with Gasteiger partial charge in [0.25, 0.3) is 0 Å². The maximum atomic E-state index is 13.5. The van der Waals surface area contributed by atoms with Gasteiger partial charge in [-0.1, -0.05) is 18.2 Å². The van der Waals surface area contributed by atoms with Crippen molar-refractivity contribution in [3.8, 4) is 5.75 Å². The van der Waals surface area contributed by atoms with Gasteiger partial charge in [0.1, 0.15) is 5.82 Å². The molecular weight excluding hydrogens is 294 g/mol. The molecule has 0 fully saturated rings. The van der Waals surface area contributed by atoms with Gasteiger partial charge in [-0.3, -0.25) is 0 Å². The summed E-state index contributed by atoms with van der Waals surface area (Å²) in [6.45, 7) is 0. The summed E-state index contributed by atoms with van der Waals surface area (Å²) in [5.74, 6) is -0.239. The minimum atomic E-state index is -0.678. The Labute approximate surface area is 126 Å². The van der Waals surface area contributed by atoms with Gasteiger partial charge >= 0.3 is 0 Å². The van der Waals surface area contributed by atoms with Crippen LogP contribution in [0, 0.1) is 11.6 Å². The van der Waals surface area contributed by atoms with E-state index in [-0.39, 0.29) is 11.6 Å². The summed E-state index contributed by atoms with van der Waals surface area (Å²) in [5, 5.41) is 9.98. The van der Waals surface area contributed by atoms with Crippen LogP contribution >= 0.6 is 11.8 Å². The number of aliphatic hydroxyl groups excluding tert-OH is 1. The molecule has 0 saturated carbocycles. The van der Waals surface area contributed by atoms with E-state index < -0.39 is 11.9 Å². The number of thioether (sulfide) groups is 1. The molecule has 0 aliphatic carbocycles. The average molecular weight is 310 g/mol. The second-order valence-electron chi connectivity index (χ2n) is 4.57. The van der Waals surface area contributed by atoms with Crippen molar-refractivity contribution in [1.29, 1.82) is 0 Å². The summed E-state index contributed by atoms with van der Waals surface area (Å²) in [7, 11) is 1.40. The maximum Gasteiger partial charge on any atom is 0.165 e. The van der Waals surface area contributed by atoms with Gasteiger partial charge in [0, 0.05) is 10.6 Å². The molecule has 0 amide bonds. The van der Waals surface area contributed by atoms with E-state index in [9.17, 15) is 13.9 Å². The van der Waals surface area contributed by atoms with E-state index in [4.69, 9.17) is 4.74 Å². The summed E-state index contributed by atoms with van der Waals surface area (Å²) in [4.78, 5) is 0.498. The van der Waals surface area contributed by atoms with E-state index >= 15 is 0 Å². The first-order valence-electron chi connectivity index (χ1n) is 6.48. The highest BCUT2D eigenvalue weighted by Crippen LogP contribution is 2.23. The van der Waals surface area contributed by atoms with Gasteiger partial charge in [0.2, 0.25) is 0 Å². The van der Waals surface area contributed by atoms with Crippen LogP contribution in [0.3, 0.4) is 0 Å². The Morgan fingerprint density at radius 1 is 1.14 bits per heavy atom. The SMILES string of the molecule is COc1ccc(CC(O)CSc2ccccc2F)cc1F. The van der Waals surface area contributed by atoms with Crippen LogP contribution in [0.2, 0.25) is 0 Å². The predicted molar refractivity (Wildman–Crippen MR) is 79.8 cm³/mol. The highest BCUT2D eigenvalue weighted by Gasteiger charge is 2.10. The third-order valence-corrected chi connectivity index (χ3v) is 4.15. The van der Waals surface area contributed by atoms with E-state index in [2.05, 4.69) is 0 Å². The molecule has 0 aliphatic rings. The number of benzene rings is 2. The Balaban J connectivity index is 1.91. The van der Waals surface area contributed by atoms with Gasteiger partial charge in [-0.15, -0.1) is 11.8 Å². The molecule has 0 radical (unpaired) electrons. The molecule has 1 N–H and O–H groups in total. The number of rotatable bonds is 6. The smallest absolute Gasteiger partial charge is 0.165 e. The summed E-state index contributed by atoms with van der Waals surface area (Å²) >= 11 is 1.24. The van der Waals surface area contributed by atoms with Gasteiger partial charge in [0.15, 0.2) is 11.6 Å². The molecule has 21 heavy (non-hydrogen) atoms. The molecular formula is C16H16F2O2S. The van der Waals surface area contributed by atoms with Gasteiger partial charge in [-0.05, 0) is 36.2 Å². The lowest BCUT2D eigenvalue weighted by molar-refractivity contribution is 0.200. The van der Waals surface area contributed by atoms with Crippen LogP contribution in [0.1, 0.15) is 5.56 Å². The quantitative estimate of drug-likeness (QED) is 0.826. The molecule has 0 heterocycles. The predicted octanol–water partition coefficient (Wildman–Crippen LogP) is 3.67. The van der Waals surface area contributed by atoms with Crippen LogP contribution in [0.5, 0.6) is 5.75 Å². The Hall–Kier alpha value is -1.59. The molecule has 2 aromatic carbocycles. The first kappa shape index (κ1) is 15.8. The third kappa shape index (κ3) is 4.44. The van der Waals surface area contributed by atoms with Crippen molar-refractivity contribution < 1.29 is 18.6 Å². The molecule has 2 aromatic rings. The normalized spacial score (nSPS) is 12.2. The van der Waals surface area contributed by atoms with Crippen LogP contribution in [0.4, 0.5) is 8.78 Å². The fourth-order valence-corrected chi connectivity index (χ4v) is 2.79. The summed E-state index contributed by atoms with van der Waals surface area (Å²) in [6, 6.07) is 11.0. The molecule has 0 aliphatic heterocycles. The number of hydrogen-bond acceptors (Lipinski definition) is 3. The Morgan fingerprint density at radius 3 is 2.57 bits per heavy atom. The largest absolute Gasteiger partial charge is 0.494 e.